The van der Waals surface area contributed by atoms with Crippen molar-refractivity contribution in [2.45, 2.75) is 45.2 Å². The van der Waals surface area contributed by atoms with Gasteiger partial charge in [-0.2, -0.15) is 8.78 Å². The van der Waals surface area contributed by atoms with Crippen molar-refractivity contribution in [1.82, 2.24) is 10.0 Å². The van der Waals surface area contributed by atoms with Gasteiger partial charge in [0.15, 0.2) is 6.61 Å². The number of aryl methyl sites for hydroxylation is 1. The van der Waals surface area contributed by atoms with Crippen LogP contribution in [-0.2, 0) is 21.7 Å². The number of ether oxygens (including phenoxy) is 1. The largest absolute Gasteiger partial charge is 0.487 e. The lowest BCUT2D eigenvalue weighted by Crippen LogP contribution is -2.42. The fourth-order valence-electron chi connectivity index (χ4n) is 5.13. The summed E-state index contributed by atoms with van der Waals surface area (Å²) >= 11 is 1.36. The smallest absolute Gasteiger partial charge is 0.340 e. The van der Waals surface area contributed by atoms with E-state index in [4.69, 9.17) is 9.57 Å². The van der Waals surface area contributed by atoms with Gasteiger partial charge < -0.3 is 14.1 Å². The van der Waals surface area contributed by atoms with E-state index < -0.39 is 30.5 Å². The van der Waals surface area contributed by atoms with Gasteiger partial charge >= 0.3 is 18.3 Å². The van der Waals surface area contributed by atoms with Gasteiger partial charge in [0.2, 0.25) is 5.78 Å². The van der Waals surface area contributed by atoms with Crippen LogP contribution in [0.1, 0.15) is 47.1 Å². The number of benzene rings is 3. The van der Waals surface area contributed by atoms with Crippen LogP contribution in [0.2, 0.25) is 0 Å². The van der Waals surface area contributed by atoms with Crippen molar-refractivity contribution in [3.63, 3.8) is 0 Å². The zero-order valence-electron chi connectivity index (χ0n) is 23.5. The molecule has 0 spiro atoms. The summed E-state index contributed by atoms with van der Waals surface area (Å²) in [5, 5.41) is 3.46. The Morgan fingerprint density at radius 1 is 0.977 bits per heavy atom. The summed E-state index contributed by atoms with van der Waals surface area (Å²) in [6.07, 6.45) is -3.90. The number of hydrogen-bond donors (Lipinski definition) is 1. The van der Waals surface area contributed by atoms with Crippen molar-refractivity contribution in [2.75, 3.05) is 6.61 Å². The maximum absolute atomic E-state index is 13.8. The summed E-state index contributed by atoms with van der Waals surface area (Å²) in [7, 11) is 0. The molecule has 0 aliphatic heterocycles. The van der Waals surface area contributed by atoms with E-state index in [2.05, 4.69) is 10.0 Å². The molecule has 0 saturated carbocycles. The molecule has 3 aromatic carbocycles. The van der Waals surface area contributed by atoms with E-state index in [1.807, 2.05) is 42.6 Å². The molecule has 0 aliphatic carbocycles. The second-order valence-electron chi connectivity index (χ2n) is 10.2. The third-order valence-electron chi connectivity index (χ3n) is 7.33. The molecule has 1 atom stereocenters. The number of carbonyl (C=O) groups excluding carboxylic acids is 2. The van der Waals surface area contributed by atoms with Gasteiger partial charge in [0.25, 0.3) is 0 Å². The van der Waals surface area contributed by atoms with Crippen LogP contribution in [0.15, 0.2) is 78.2 Å². The molecular weight excluding hydrogens is 584 g/mol. The number of para-hydroxylation sites is 1. The Labute approximate surface area is 248 Å². The van der Waals surface area contributed by atoms with Crippen LogP contribution >= 0.6 is 11.3 Å². The molecule has 11 heteroatoms. The van der Waals surface area contributed by atoms with E-state index in [0.29, 0.717) is 22.5 Å². The molecule has 0 radical (unpaired) electrons. The number of aromatic nitrogens is 1. The molecule has 2 aromatic heterocycles. The summed E-state index contributed by atoms with van der Waals surface area (Å²) in [5.74, 6) is -5.22. The average molecular weight is 613 g/mol. The van der Waals surface area contributed by atoms with Crippen LogP contribution in [0.4, 0.5) is 17.6 Å². The van der Waals surface area contributed by atoms with E-state index in [1.54, 1.807) is 37.3 Å². The van der Waals surface area contributed by atoms with Crippen LogP contribution in [0.3, 0.4) is 0 Å². The Morgan fingerprint density at radius 3 is 2.33 bits per heavy atom. The van der Waals surface area contributed by atoms with E-state index in [-0.39, 0.29) is 17.1 Å². The molecule has 6 nitrogen and oxygen atoms in total. The number of thiophene rings is 1. The fourth-order valence-corrected chi connectivity index (χ4v) is 5.82. The number of fused-ring (bicyclic) bond motifs is 3. The number of halogens is 4. The number of hydrogen-bond acceptors (Lipinski definition) is 6. The molecule has 0 fully saturated rings. The Balaban J connectivity index is 1.67. The number of carbonyl (C=O) groups is 2. The highest BCUT2D eigenvalue weighted by Crippen LogP contribution is 2.40. The highest BCUT2D eigenvalue weighted by atomic mass is 32.1. The van der Waals surface area contributed by atoms with Crippen molar-refractivity contribution in [2.24, 2.45) is 0 Å². The maximum atomic E-state index is 13.8. The molecule has 0 aliphatic rings. The summed E-state index contributed by atoms with van der Waals surface area (Å²) in [6, 6.07) is 20.8. The first-order valence-electron chi connectivity index (χ1n) is 13.4. The summed E-state index contributed by atoms with van der Waals surface area (Å²) in [4.78, 5) is 30.9. The zero-order valence-corrected chi connectivity index (χ0v) is 24.3. The van der Waals surface area contributed by atoms with Crippen molar-refractivity contribution < 1.29 is 36.7 Å². The topological polar surface area (TPSA) is 69.6 Å². The lowest BCUT2D eigenvalue weighted by Gasteiger charge is -2.32. The second-order valence-corrected chi connectivity index (χ2v) is 11.1. The molecule has 5 rings (SSSR count). The molecule has 1 unspecified atom stereocenters. The fraction of sp³-hybridized carbons (Fsp3) is 0.250. The number of nitrogens with one attached hydrogen (secondary N) is 1. The third-order valence-corrected chi connectivity index (χ3v) is 8.20. The van der Waals surface area contributed by atoms with Crippen LogP contribution < -0.4 is 10.2 Å². The van der Waals surface area contributed by atoms with Crippen molar-refractivity contribution in [3.05, 3.63) is 99.7 Å². The van der Waals surface area contributed by atoms with Crippen molar-refractivity contribution >= 4 is 44.9 Å². The van der Waals surface area contributed by atoms with E-state index >= 15 is 0 Å². The molecule has 224 valence electrons. The van der Waals surface area contributed by atoms with Gasteiger partial charge in [-0.3, -0.25) is 9.59 Å². The van der Waals surface area contributed by atoms with E-state index in [1.165, 1.54) is 30.4 Å². The second kappa shape index (κ2) is 11.8. The van der Waals surface area contributed by atoms with Gasteiger partial charge in [0.05, 0.1) is 4.88 Å². The molecule has 0 saturated heterocycles. The molecule has 1 N–H and O–H groups in total. The SMILES string of the molecule is CCn1c2ccc(C(=O)c3cccs3)cc2c2cc(C(C)(NOC(C)=O)c3ccccc3OCC(F)(F)C(F)F)ccc21. The minimum absolute atomic E-state index is 0.0927. The average Bonchev–Trinajstić information content (AvgIpc) is 3.64. The van der Waals surface area contributed by atoms with Gasteiger partial charge in [-0.05, 0) is 67.3 Å². The standard InChI is InChI=1S/C32H28F4N2O4S/c1-4-38-25-13-11-20(29(40)28-10-7-15-43-28)16-22(25)23-17-21(12-14-26(23)38)31(3,37-42-19(2)39)24-8-5-6-9-27(24)41-18-32(35,36)30(33)34/h5-17,30,37H,4,18H2,1-3H3. The Morgan fingerprint density at radius 2 is 1.67 bits per heavy atom. The van der Waals surface area contributed by atoms with Gasteiger partial charge in [0.1, 0.15) is 11.3 Å². The summed E-state index contributed by atoms with van der Waals surface area (Å²) < 4.78 is 60.7. The first-order valence-corrected chi connectivity index (χ1v) is 14.3. The molecule has 0 amide bonds. The highest BCUT2D eigenvalue weighted by molar-refractivity contribution is 7.12. The molecule has 5 aromatic rings. The number of alkyl halides is 4. The van der Waals surface area contributed by atoms with Crippen LogP contribution in [0.25, 0.3) is 21.8 Å². The molecule has 0 bridgehead atoms. The van der Waals surface area contributed by atoms with Gasteiger partial charge in [-0.25, -0.2) is 8.78 Å². The Bertz CT molecular complexity index is 1800. The van der Waals surface area contributed by atoms with Gasteiger partial charge in [-0.15, -0.1) is 16.8 Å². The lowest BCUT2D eigenvalue weighted by atomic mass is 9.84. The van der Waals surface area contributed by atoms with Crippen molar-refractivity contribution in [1.29, 1.82) is 0 Å². The molecule has 43 heavy (non-hydrogen) atoms. The molecule has 2 heterocycles. The lowest BCUT2D eigenvalue weighted by molar-refractivity contribution is -0.152. The predicted octanol–water partition coefficient (Wildman–Crippen LogP) is 7.72. The highest BCUT2D eigenvalue weighted by Gasteiger charge is 2.42. The molecular formula is C32H28F4N2O4S. The van der Waals surface area contributed by atoms with Crippen molar-refractivity contribution in [3.8, 4) is 5.75 Å². The maximum Gasteiger partial charge on any atom is 0.340 e. The number of rotatable bonds is 11. The monoisotopic (exact) mass is 612 g/mol. The zero-order chi connectivity index (χ0) is 30.9. The quantitative estimate of drug-likeness (QED) is 0.0940. The van der Waals surface area contributed by atoms with E-state index in [9.17, 15) is 27.2 Å². The van der Waals surface area contributed by atoms with Crippen LogP contribution in [0.5, 0.6) is 5.75 Å². The van der Waals surface area contributed by atoms with Gasteiger partial charge in [-0.1, -0.05) is 30.3 Å². The first-order chi connectivity index (χ1) is 20.5. The third kappa shape index (κ3) is 5.74. The van der Waals surface area contributed by atoms with Gasteiger partial charge in [0, 0.05) is 46.4 Å². The van der Waals surface area contributed by atoms with Crippen LogP contribution in [0, 0.1) is 0 Å². The predicted molar refractivity (Wildman–Crippen MR) is 157 cm³/mol. The summed E-state index contributed by atoms with van der Waals surface area (Å²) in [5.41, 5.74) is 4.52. The normalized spacial score (nSPS) is 13.4. The minimum Gasteiger partial charge on any atom is -0.487 e. The van der Waals surface area contributed by atoms with E-state index in [0.717, 1.165) is 21.8 Å². The van der Waals surface area contributed by atoms with Crippen LogP contribution in [-0.4, -0.2) is 35.3 Å². The minimum atomic E-state index is -4.37. The summed E-state index contributed by atoms with van der Waals surface area (Å²) in [6.45, 7) is 3.97. The Kier molecular flexibility index (Phi) is 8.31. The number of nitrogens with zero attached hydrogens (tertiary/aromatic N) is 1. The number of ketones is 1. The number of hydroxylamine groups is 1. The Hall–Kier alpha value is -4.22. The first kappa shape index (κ1) is 30.2.